The van der Waals surface area contributed by atoms with Crippen molar-refractivity contribution in [3.8, 4) is 0 Å². The van der Waals surface area contributed by atoms with Gasteiger partial charge in [-0.25, -0.2) is 0 Å². The lowest BCUT2D eigenvalue weighted by Gasteiger charge is -2.45. The van der Waals surface area contributed by atoms with Crippen molar-refractivity contribution in [2.45, 2.75) is 25.9 Å². The van der Waals surface area contributed by atoms with E-state index in [0.29, 0.717) is 18.6 Å². The minimum Gasteiger partial charge on any atom is -0.366 e. The monoisotopic (exact) mass is 267 g/mol. The van der Waals surface area contributed by atoms with E-state index in [2.05, 4.69) is 36.8 Å². The molecule has 0 aliphatic carbocycles. The number of hydrogen-bond donors (Lipinski definition) is 1. The van der Waals surface area contributed by atoms with E-state index in [1.807, 2.05) is 12.1 Å². The standard InChI is InChI=1S/C14H22ClN3/c1-10-6-12(15)4-5-14(10)18-9-13(7-16)17(3)8-11(18)2/h4-6,11,13H,7-9,16H2,1-3H3. The van der Waals surface area contributed by atoms with Gasteiger partial charge in [-0.15, -0.1) is 0 Å². The first kappa shape index (κ1) is 13.7. The van der Waals surface area contributed by atoms with Crippen LogP contribution < -0.4 is 10.6 Å². The zero-order valence-corrected chi connectivity index (χ0v) is 12.1. The van der Waals surface area contributed by atoms with E-state index in [0.717, 1.165) is 18.1 Å². The second kappa shape index (κ2) is 5.47. The van der Waals surface area contributed by atoms with E-state index in [9.17, 15) is 0 Å². The van der Waals surface area contributed by atoms with Crippen LogP contribution in [-0.2, 0) is 0 Å². The van der Waals surface area contributed by atoms with Gasteiger partial charge in [0, 0.05) is 42.4 Å². The number of anilines is 1. The fraction of sp³-hybridized carbons (Fsp3) is 0.571. The van der Waals surface area contributed by atoms with E-state index in [4.69, 9.17) is 17.3 Å². The Morgan fingerprint density at radius 3 is 2.72 bits per heavy atom. The molecule has 1 aromatic rings. The molecule has 1 aliphatic rings. The molecule has 1 saturated heterocycles. The summed E-state index contributed by atoms with van der Waals surface area (Å²) in [4.78, 5) is 4.80. The van der Waals surface area contributed by atoms with Gasteiger partial charge in [0.15, 0.2) is 0 Å². The summed E-state index contributed by atoms with van der Waals surface area (Å²) in [5.41, 5.74) is 8.36. The Labute approximate surface area is 115 Å². The molecule has 0 spiro atoms. The molecule has 0 saturated carbocycles. The van der Waals surface area contributed by atoms with Crippen molar-refractivity contribution in [1.82, 2.24) is 4.90 Å². The fourth-order valence-corrected chi connectivity index (χ4v) is 2.97. The Bertz CT molecular complexity index is 422. The molecular weight excluding hydrogens is 246 g/mol. The average Bonchev–Trinajstić information content (AvgIpc) is 2.30. The summed E-state index contributed by atoms with van der Waals surface area (Å²) in [6.07, 6.45) is 0. The van der Waals surface area contributed by atoms with Gasteiger partial charge in [0.25, 0.3) is 0 Å². The molecule has 2 unspecified atom stereocenters. The van der Waals surface area contributed by atoms with Gasteiger partial charge < -0.3 is 10.6 Å². The lowest BCUT2D eigenvalue weighted by Crippen LogP contribution is -2.58. The van der Waals surface area contributed by atoms with Crippen LogP contribution >= 0.6 is 11.6 Å². The third-order valence-electron chi connectivity index (χ3n) is 3.86. The minimum absolute atomic E-state index is 0.427. The summed E-state index contributed by atoms with van der Waals surface area (Å²) < 4.78 is 0. The predicted molar refractivity (Wildman–Crippen MR) is 78.5 cm³/mol. The maximum absolute atomic E-state index is 6.02. The molecule has 2 atom stereocenters. The highest BCUT2D eigenvalue weighted by atomic mass is 35.5. The zero-order valence-electron chi connectivity index (χ0n) is 11.4. The first-order valence-corrected chi connectivity index (χ1v) is 6.83. The van der Waals surface area contributed by atoms with Gasteiger partial charge in [-0.05, 0) is 44.7 Å². The van der Waals surface area contributed by atoms with Gasteiger partial charge in [-0.1, -0.05) is 11.6 Å². The van der Waals surface area contributed by atoms with Crippen molar-refractivity contribution in [1.29, 1.82) is 0 Å². The van der Waals surface area contributed by atoms with Crippen LogP contribution in [0.25, 0.3) is 0 Å². The summed E-state index contributed by atoms with van der Waals surface area (Å²) >= 11 is 6.02. The number of benzene rings is 1. The molecule has 100 valence electrons. The maximum atomic E-state index is 6.02. The van der Waals surface area contributed by atoms with Crippen LogP contribution in [0.2, 0.25) is 5.02 Å². The summed E-state index contributed by atoms with van der Waals surface area (Å²) in [5, 5.41) is 0.799. The summed E-state index contributed by atoms with van der Waals surface area (Å²) in [6, 6.07) is 7.03. The summed E-state index contributed by atoms with van der Waals surface area (Å²) in [6.45, 7) is 7.11. The molecule has 1 aliphatic heterocycles. The second-order valence-electron chi connectivity index (χ2n) is 5.26. The number of halogens is 1. The Morgan fingerprint density at radius 2 is 2.11 bits per heavy atom. The van der Waals surface area contributed by atoms with Gasteiger partial charge in [-0.3, -0.25) is 4.90 Å². The van der Waals surface area contributed by atoms with Gasteiger partial charge in [0.05, 0.1) is 0 Å². The summed E-state index contributed by atoms with van der Waals surface area (Å²) in [5.74, 6) is 0. The van der Waals surface area contributed by atoms with Crippen LogP contribution in [0.1, 0.15) is 12.5 Å². The Kier molecular flexibility index (Phi) is 4.15. The van der Waals surface area contributed by atoms with Crippen molar-refractivity contribution >= 4 is 17.3 Å². The molecule has 3 nitrogen and oxygen atoms in total. The van der Waals surface area contributed by atoms with Gasteiger partial charge in [-0.2, -0.15) is 0 Å². The molecule has 2 rings (SSSR count). The van der Waals surface area contributed by atoms with Crippen molar-refractivity contribution in [3.05, 3.63) is 28.8 Å². The van der Waals surface area contributed by atoms with Gasteiger partial charge >= 0.3 is 0 Å². The number of piperazine rings is 1. The highest BCUT2D eigenvalue weighted by molar-refractivity contribution is 6.30. The molecule has 2 N–H and O–H groups in total. The van der Waals surface area contributed by atoms with Crippen LogP contribution in [0.15, 0.2) is 18.2 Å². The molecule has 4 heteroatoms. The van der Waals surface area contributed by atoms with E-state index in [1.165, 1.54) is 11.3 Å². The first-order chi connectivity index (χ1) is 8.52. The lowest BCUT2D eigenvalue weighted by molar-refractivity contribution is 0.197. The van der Waals surface area contributed by atoms with E-state index in [1.54, 1.807) is 0 Å². The smallest absolute Gasteiger partial charge is 0.0410 e. The largest absolute Gasteiger partial charge is 0.366 e. The molecule has 1 aromatic carbocycles. The van der Waals surface area contributed by atoms with E-state index in [-0.39, 0.29) is 0 Å². The van der Waals surface area contributed by atoms with Crippen molar-refractivity contribution < 1.29 is 0 Å². The molecule has 1 heterocycles. The SMILES string of the molecule is Cc1cc(Cl)ccc1N1CC(CN)N(C)CC1C. The Morgan fingerprint density at radius 1 is 1.39 bits per heavy atom. The molecule has 18 heavy (non-hydrogen) atoms. The second-order valence-corrected chi connectivity index (χ2v) is 5.70. The average molecular weight is 268 g/mol. The molecule has 1 fully saturated rings. The normalized spacial score (nSPS) is 25.5. The minimum atomic E-state index is 0.427. The van der Waals surface area contributed by atoms with Crippen LogP contribution in [0.5, 0.6) is 0 Å². The summed E-state index contributed by atoms with van der Waals surface area (Å²) in [7, 11) is 2.15. The molecule has 0 bridgehead atoms. The van der Waals surface area contributed by atoms with Crippen LogP contribution in [-0.4, -0.2) is 43.7 Å². The number of hydrogen-bond acceptors (Lipinski definition) is 3. The van der Waals surface area contributed by atoms with Crippen LogP contribution in [0.3, 0.4) is 0 Å². The number of aryl methyl sites for hydroxylation is 1. The van der Waals surface area contributed by atoms with E-state index < -0.39 is 0 Å². The molecule has 0 amide bonds. The Balaban J connectivity index is 2.26. The highest BCUT2D eigenvalue weighted by Crippen LogP contribution is 2.27. The maximum Gasteiger partial charge on any atom is 0.0410 e. The van der Waals surface area contributed by atoms with Crippen LogP contribution in [0, 0.1) is 6.92 Å². The molecular formula is C14H22ClN3. The van der Waals surface area contributed by atoms with Gasteiger partial charge in [0.2, 0.25) is 0 Å². The zero-order chi connectivity index (χ0) is 13.3. The van der Waals surface area contributed by atoms with E-state index >= 15 is 0 Å². The number of nitrogens with two attached hydrogens (primary N) is 1. The highest BCUT2D eigenvalue weighted by Gasteiger charge is 2.29. The third-order valence-corrected chi connectivity index (χ3v) is 4.09. The number of likely N-dealkylation sites (N-methyl/N-ethyl adjacent to an activating group) is 1. The third kappa shape index (κ3) is 2.63. The van der Waals surface area contributed by atoms with Crippen molar-refractivity contribution in [2.24, 2.45) is 5.73 Å². The predicted octanol–water partition coefficient (Wildman–Crippen LogP) is 2.12. The van der Waals surface area contributed by atoms with Crippen LogP contribution in [0.4, 0.5) is 5.69 Å². The van der Waals surface area contributed by atoms with Gasteiger partial charge in [0.1, 0.15) is 0 Å². The topological polar surface area (TPSA) is 32.5 Å². The van der Waals surface area contributed by atoms with Crippen molar-refractivity contribution in [2.75, 3.05) is 31.6 Å². The lowest BCUT2D eigenvalue weighted by atomic mass is 10.0. The fourth-order valence-electron chi connectivity index (χ4n) is 2.74. The molecule has 0 radical (unpaired) electrons. The van der Waals surface area contributed by atoms with Crippen molar-refractivity contribution in [3.63, 3.8) is 0 Å². The molecule has 0 aromatic heterocycles. The Hall–Kier alpha value is -0.770. The quantitative estimate of drug-likeness (QED) is 0.891. The first-order valence-electron chi connectivity index (χ1n) is 6.46. The number of rotatable bonds is 2. The number of nitrogens with zero attached hydrogens (tertiary/aromatic N) is 2.